The summed E-state index contributed by atoms with van der Waals surface area (Å²) in [5.41, 5.74) is 3.60. The van der Waals surface area contributed by atoms with Crippen molar-refractivity contribution in [1.29, 1.82) is 0 Å². The minimum atomic E-state index is -0.835. The Morgan fingerprint density at radius 3 is 2.17 bits per heavy atom. The number of allylic oxidation sites excluding steroid dienone is 6. The number of aromatic hydroxyl groups is 2. The Bertz CT molecular complexity index is 1510. The Morgan fingerprint density at radius 2 is 1.52 bits per heavy atom. The molecular formula is C33H38Cl2O7. The highest BCUT2D eigenvalue weighted by Crippen LogP contribution is 2.52. The molecule has 0 saturated carbocycles. The number of carbonyl (C=O) groups excluding carboxylic acids is 2. The second-order valence-corrected chi connectivity index (χ2v) is 12.1. The number of fused-ring (bicyclic) bond motifs is 2. The molecule has 0 amide bonds. The van der Waals surface area contributed by atoms with Gasteiger partial charge in [0.1, 0.15) is 21.9 Å². The minimum absolute atomic E-state index is 0.0131. The van der Waals surface area contributed by atoms with Gasteiger partial charge < -0.3 is 24.4 Å². The fourth-order valence-electron chi connectivity index (χ4n) is 4.68. The molecule has 2 aromatic carbocycles. The molecule has 9 heteroatoms. The number of carbonyl (C=O) groups is 2. The van der Waals surface area contributed by atoms with Crippen molar-refractivity contribution >= 4 is 35.1 Å². The van der Waals surface area contributed by atoms with Gasteiger partial charge in [-0.25, -0.2) is 9.59 Å². The molecule has 42 heavy (non-hydrogen) atoms. The van der Waals surface area contributed by atoms with E-state index in [0.29, 0.717) is 5.41 Å². The van der Waals surface area contributed by atoms with Crippen LogP contribution in [-0.2, 0) is 4.74 Å². The molecule has 0 aromatic heterocycles. The van der Waals surface area contributed by atoms with Gasteiger partial charge in [-0.1, -0.05) is 72.5 Å². The van der Waals surface area contributed by atoms with E-state index in [1.165, 1.54) is 51.9 Å². The predicted octanol–water partition coefficient (Wildman–Crippen LogP) is 9.48. The molecular weight excluding hydrogens is 579 g/mol. The lowest BCUT2D eigenvalue weighted by molar-refractivity contribution is 0.0596. The molecule has 0 unspecified atom stereocenters. The lowest BCUT2D eigenvalue weighted by atomic mass is 9.87. The number of halogens is 2. The monoisotopic (exact) mass is 616 g/mol. The summed E-state index contributed by atoms with van der Waals surface area (Å²) in [6.45, 7) is 13.5. The van der Waals surface area contributed by atoms with Gasteiger partial charge >= 0.3 is 11.9 Å². The topological polar surface area (TPSA) is 102 Å². The maximum atomic E-state index is 12.7. The van der Waals surface area contributed by atoms with E-state index >= 15 is 0 Å². The van der Waals surface area contributed by atoms with Crippen molar-refractivity contribution < 1.29 is 34.0 Å². The normalized spacial score (nSPS) is 16.1. The van der Waals surface area contributed by atoms with Crippen molar-refractivity contribution in [2.75, 3.05) is 7.11 Å². The number of rotatable bonds is 1. The minimum Gasteiger partial charge on any atom is -0.507 e. The molecule has 0 spiro atoms. The lowest BCUT2D eigenvalue weighted by Gasteiger charge is -2.18. The number of phenolic OH excluding ortho intramolecular Hbond substituents is 2. The molecule has 7 nitrogen and oxygen atoms in total. The van der Waals surface area contributed by atoms with Gasteiger partial charge in [-0.3, -0.25) is 0 Å². The zero-order valence-corrected chi connectivity index (χ0v) is 26.8. The van der Waals surface area contributed by atoms with Crippen molar-refractivity contribution in [3.05, 3.63) is 73.3 Å². The van der Waals surface area contributed by atoms with Crippen LogP contribution in [0.4, 0.5) is 0 Å². The first-order chi connectivity index (χ1) is 19.6. The van der Waals surface area contributed by atoms with Crippen LogP contribution in [0.1, 0.15) is 90.8 Å². The van der Waals surface area contributed by atoms with Gasteiger partial charge in [0.05, 0.1) is 12.1 Å². The highest BCUT2D eigenvalue weighted by molar-refractivity contribution is 6.39. The Morgan fingerprint density at radius 1 is 0.881 bits per heavy atom. The Kier molecular flexibility index (Phi) is 10.4. The van der Waals surface area contributed by atoms with E-state index in [1.807, 2.05) is 0 Å². The summed E-state index contributed by atoms with van der Waals surface area (Å²) in [4.78, 5) is 24.8. The molecule has 2 N–H and O–H groups in total. The van der Waals surface area contributed by atoms with Crippen molar-refractivity contribution in [2.24, 2.45) is 5.41 Å². The van der Waals surface area contributed by atoms with Crippen molar-refractivity contribution in [3.63, 3.8) is 0 Å². The van der Waals surface area contributed by atoms with Crippen LogP contribution in [0.2, 0.25) is 10.0 Å². The first-order valence-corrected chi connectivity index (χ1v) is 14.4. The zero-order valence-electron chi connectivity index (χ0n) is 25.3. The van der Waals surface area contributed by atoms with Crippen LogP contribution in [0.25, 0.3) is 0 Å². The van der Waals surface area contributed by atoms with E-state index < -0.39 is 23.4 Å². The quantitative estimate of drug-likeness (QED) is 0.187. The summed E-state index contributed by atoms with van der Waals surface area (Å²) in [6, 6.07) is 0. The van der Waals surface area contributed by atoms with E-state index in [-0.39, 0.29) is 55.1 Å². The first-order valence-electron chi connectivity index (χ1n) is 13.6. The molecule has 2 aliphatic rings. The predicted molar refractivity (Wildman–Crippen MR) is 166 cm³/mol. The van der Waals surface area contributed by atoms with Crippen LogP contribution in [0.5, 0.6) is 28.7 Å². The third-order valence-electron chi connectivity index (χ3n) is 7.41. The van der Waals surface area contributed by atoms with E-state index in [2.05, 4.69) is 52.0 Å². The van der Waals surface area contributed by atoms with Crippen molar-refractivity contribution in [3.8, 4) is 28.7 Å². The summed E-state index contributed by atoms with van der Waals surface area (Å²) >= 11 is 12.2. The fourth-order valence-corrected chi connectivity index (χ4v) is 5.15. The van der Waals surface area contributed by atoms with Crippen LogP contribution < -0.4 is 9.47 Å². The molecule has 0 radical (unpaired) electrons. The maximum absolute atomic E-state index is 12.7. The fraction of sp³-hybridized carbons (Fsp3) is 0.394. The number of methoxy groups -OCH3 is 1. The van der Waals surface area contributed by atoms with E-state index in [4.69, 9.17) is 37.4 Å². The highest BCUT2D eigenvalue weighted by atomic mass is 35.5. The second kappa shape index (κ2) is 13.3. The number of hydrogen-bond acceptors (Lipinski definition) is 7. The smallest absolute Gasteiger partial charge is 0.347 e. The second-order valence-electron chi connectivity index (χ2n) is 11.4. The van der Waals surface area contributed by atoms with Gasteiger partial charge in [0.15, 0.2) is 23.0 Å². The van der Waals surface area contributed by atoms with E-state index in [9.17, 15) is 19.8 Å². The molecule has 2 aromatic rings. The van der Waals surface area contributed by atoms with Crippen LogP contribution in [-0.4, -0.2) is 29.3 Å². The number of phenols is 2. The molecule has 0 bridgehead atoms. The van der Waals surface area contributed by atoms with Gasteiger partial charge in [0.2, 0.25) is 0 Å². The third-order valence-corrected chi connectivity index (χ3v) is 8.22. The molecule has 0 saturated heterocycles. The van der Waals surface area contributed by atoms with Gasteiger partial charge in [-0.15, -0.1) is 0 Å². The van der Waals surface area contributed by atoms with Crippen LogP contribution in [0, 0.1) is 26.2 Å². The van der Waals surface area contributed by atoms with Gasteiger partial charge in [-0.2, -0.15) is 0 Å². The van der Waals surface area contributed by atoms with Crippen LogP contribution in [0.3, 0.4) is 0 Å². The summed E-state index contributed by atoms with van der Waals surface area (Å²) < 4.78 is 15.9. The Hall–Kier alpha value is -3.42. The maximum Gasteiger partial charge on any atom is 0.347 e. The number of esters is 2. The average molecular weight is 618 g/mol. The van der Waals surface area contributed by atoms with Gasteiger partial charge in [-0.05, 0) is 71.3 Å². The molecule has 4 rings (SSSR count). The van der Waals surface area contributed by atoms with Crippen molar-refractivity contribution in [1.82, 2.24) is 0 Å². The SMILES string of the molecule is CC1=CCCC(C)=CCC(C)(C)C=CC1.COC(=O)c1c(C)c2c(c(C)c1O)OC(=O)c1c(C)c(Cl)c(O)c(Cl)c1O2. The highest BCUT2D eigenvalue weighted by Gasteiger charge is 2.35. The summed E-state index contributed by atoms with van der Waals surface area (Å²) in [6.07, 6.45) is 14.1. The molecule has 1 heterocycles. The zero-order chi connectivity index (χ0) is 31.5. The van der Waals surface area contributed by atoms with E-state index in [0.717, 1.165) is 12.8 Å². The third kappa shape index (κ3) is 6.96. The molecule has 1 aliphatic carbocycles. The number of benzene rings is 2. The summed E-state index contributed by atoms with van der Waals surface area (Å²) in [7, 11) is 1.17. The Balaban J connectivity index is 0.000000274. The lowest BCUT2D eigenvalue weighted by Crippen LogP contribution is -2.11. The van der Waals surface area contributed by atoms with Gasteiger partial charge in [0, 0.05) is 11.1 Å². The standard InChI is InChI=1S/C18H14Cl2O7.C15H24/c1-5-9-16(11(20)13(22)10(5)19)26-14-6(2)8(17(23)25-4)12(21)7(3)15(14)27-18(9)24;1-13-7-5-8-14(2)10-12-15(3,4)11-6-9-13/h21-22H,1-4H3;6-7,10-11H,5,8-9,12H2,1-4H3. The number of hydrogen-bond donors (Lipinski definition) is 2. The van der Waals surface area contributed by atoms with Crippen LogP contribution in [0.15, 0.2) is 35.5 Å². The molecule has 0 fully saturated rings. The Labute approximate surface area is 257 Å². The van der Waals surface area contributed by atoms with Crippen molar-refractivity contribution in [2.45, 2.75) is 74.1 Å². The average Bonchev–Trinajstić information content (AvgIpc) is 3.10. The number of ether oxygens (including phenoxy) is 3. The summed E-state index contributed by atoms with van der Waals surface area (Å²) in [5, 5.41) is 20.1. The molecule has 1 aliphatic heterocycles. The van der Waals surface area contributed by atoms with Crippen LogP contribution >= 0.6 is 23.2 Å². The molecule has 226 valence electrons. The molecule has 0 atom stereocenters. The first kappa shape index (κ1) is 33.1. The summed E-state index contributed by atoms with van der Waals surface area (Å²) in [5.74, 6) is -2.74. The van der Waals surface area contributed by atoms with Gasteiger partial charge in [0.25, 0.3) is 0 Å². The van der Waals surface area contributed by atoms with E-state index in [1.54, 1.807) is 0 Å². The largest absolute Gasteiger partial charge is 0.507 e.